The lowest BCUT2D eigenvalue weighted by molar-refractivity contribution is -0.189. The highest BCUT2D eigenvalue weighted by Gasteiger charge is 2.42. The summed E-state index contributed by atoms with van der Waals surface area (Å²) in [6.07, 6.45) is 3.38. The maximum atomic E-state index is 14.9. The number of hydrogen-bond acceptors (Lipinski definition) is 2. The van der Waals surface area contributed by atoms with E-state index in [0.717, 1.165) is 57.1 Å². The zero-order valence-corrected chi connectivity index (χ0v) is 21.6. The number of halogens is 6. The molecule has 8 heteroatoms. The fourth-order valence-corrected chi connectivity index (χ4v) is 5.37. The average molecular weight is 546 g/mol. The molecule has 1 aliphatic carbocycles. The Morgan fingerprint density at radius 3 is 1.97 bits per heavy atom. The van der Waals surface area contributed by atoms with Crippen molar-refractivity contribution in [2.75, 3.05) is 0 Å². The van der Waals surface area contributed by atoms with Crippen molar-refractivity contribution >= 4 is 0 Å². The third kappa shape index (κ3) is 6.58. The summed E-state index contributed by atoms with van der Waals surface area (Å²) in [7, 11) is 0. The smallest absolute Gasteiger partial charge is 0.429 e. The van der Waals surface area contributed by atoms with Crippen LogP contribution in [0.3, 0.4) is 0 Å². The fourth-order valence-electron chi connectivity index (χ4n) is 5.37. The molecule has 0 saturated heterocycles. The van der Waals surface area contributed by atoms with E-state index in [1.165, 1.54) is 30.7 Å². The van der Waals surface area contributed by atoms with Crippen LogP contribution >= 0.6 is 0 Å². The molecule has 0 heterocycles. The molecule has 3 aromatic carbocycles. The Balaban J connectivity index is 1.50. The van der Waals surface area contributed by atoms with Crippen molar-refractivity contribution in [3.8, 4) is 22.9 Å². The van der Waals surface area contributed by atoms with Crippen molar-refractivity contribution in [2.45, 2.75) is 70.3 Å². The zero-order valence-electron chi connectivity index (χ0n) is 21.6. The monoisotopic (exact) mass is 545 g/mol. The van der Waals surface area contributed by atoms with Gasteiger partial charge in [0.2, 0.25) is 0 Å². The summed E-state index contributed by atoms with van der Waals surface area (Å²) in [5, 5.41) is 8.87. The van der Waals surface area contributed by atoms with E-state index in [4.69, 9.17) is 5.26 Å². The second-order valence-corrected chi connectivity index (χ2v) is 10.1. The molecular formula is C31H29F6NO. The molecule has 3 aromatic rings. The summed E-state index contributed by atoms with van der Waals surface area (Å²) < 4.78 is 93.5. The van der Waals surface area contributed by atoms with Crippen molar-refractivity contribution in [3.05, 3.63) is 88.5 Å². The number of rotatable bonds is 9. The maximum Gasteiger partial charge on any atom is 0.432 e. The van der Waals surface area contributed by atoms with Crippen molar-refractivity contribution in [3.63, 3.8) is 0 Å². The predicted molar refractivity (Wildman–Crippen MR) is 136 cm³/mol. The Kier molecular flexibility index (Phi) is 8.89. The Labute approximate surface area is 224 Å². The van der Waals surface area contributed by atoms with Gasteiger partial charge in [-0.05, 0) is 72.9 Å². The third-order valence-electron chi connectivity index (χ3n) is 7.45. The molecule has 0 aromatic heterocycles. The van der Waals surface area contributed by atoms with Crippen LogP contribution in [-0.4, -0.2) is 0 Å². The van der Waals surface area contributed by atoms with Gasteiger partial charge in [-0.15, -0.1) is 0 Å². The standard InChI is InChI=1S/C31H29F6NO/c1-2-3-4-5-19-6-10-21(11-7-19)23-14-27(34)30(28(35)15-23)31(36,37)39-24-16-25(32)29(26(33)17-24)22-12-8-20(18-38)9-13-22/h8-9,12-17,19,21H,2-7,10-11H2,1H3. The van der Waals surface area contributed by atoms with E-state index >= 15 is 0 Å². The molecule has 4 rings (SSSR count). The fraction of sp³-hybridized carbons (Fsp3) is 0.387. The molecule has 0 unspecified atom stereocenters. The van der Waals surface area contributed by atoms with Crippen molar-refractivity contribution < 1.29 is 31.1 Å². The third-order valence-corrected chi connectivity index (χ3v) is 7.45. The second kappa shape index (κ2) is 12.1. The SMILES string of the molecule is CCCCCC1CCC(c2cc(F)c(C(F)(F)Oc3cc(F)c(-c4ccc(C#N)cc4)c(F)c3)c(F)c2)CC1. The number of benzene rings is 3. The largest absolute Gasteiger partial charge is 0.432 e. The van der Waals surface area contributed by atoms with Gasteiger partial charge in [-0.1, -0.05) is 44.7 Å². The highest BCUT2D eigenvalue weighted by Crippen LogP contribution is 2.41. The Bertz CT molecular complexity index is 1290. The molecule has 39 heavy (non-hydrogen) atoms. The van der Waals surface area contributed by atoms with Crippen molar-refractivity contribution in [2.24, 2.45) is 5.92 Å². The lowest BCUT2D eigenvalue weighted by Crippen LogP contribution is -2.26. The minimum Gasteiger partial charge on any atom is -0.429 e. The lowest BCUT2D eigenvalue weighted by Gasteiger charge is -2.29. The molecule has 2 nitrogen and oxygen atoms in total. The van der Waals surface area contributed by atoms with E-state index in [2.05, 4.69) is 11.7 Å². The van der Waals surface area contributed by atoms with Crippen LogP contribution in [0.4, 0.5) is 26.3 Å². The van der Waals surface area contributed by atoms with Crippen molar-refractivity contribution in [1.82, 2.24) is 0 Å². The molecular weight excluding hydrogens is 516 g/mol. The van der Waals surface area contributed by atoms with Crippen molar-refractivity contribution in [1.29, 1.82) is 5.26 Å². The number of nitriles is 1. The molecule has 0 atom stereocenters. The van der Waals surface area contributed by atoms with Crippen LogP contribution in [0.15, 0.2) is 48.5 Å². The van der Waals surface area contributed by atoms with E-state index < -0.39 is 46.3 Å². The van der Waals surface area contributed by atoms with Crippen LogP contribution in [0, 0.1) is 40.5 Å². The Morgan fingerprint density at radius 2 is 1.44 bits per heavy atom. The summed E-state index contributed by atoms with van der Waals surface area (Å²) in [5.74, 6) is -5.87. The molecule has 0 N–H and O–H groups in total. The first kappa shape index (κ1) is 28.5. The maximum absolute atomic E-state index is 14.9. The number of unbranched alkanes of at least 4 members (excludes halogenated alkanes) is 2. The highest BCUT2D eigenvalue weighted by atomic mass is 19.3. The van der Waals surface area contributed by atoms with Gasteiger partial charge in [-0.2, -0.15) is 14.0 Å². The molecule has 0 bridgehead atoms. The van der Waals surface area contributed by atoms with Crippen LogP contribution in [0.1, 0.15) is 80.9 Å². The van der Waals surface area contributed by atoms with E-state index in [1.807, 2.05) is 6.07 Å². The molecule has 1 saturated carbocycles. The second-order valence-electron chi connectivity index (χ2n) is 10.1. The van der Waals surface area contributed by atoms with Gasteiger partial charge in [0.25, 0.3) is 0 Å². The quantitative estimate of drug-likeness (QED) is 0.198. The molecule has 1 aliphatic rings. The summed E-state index contributed by atoms with van der Waals surface area (Å²) >= 11 is 0. The van der Waals surface area contributed by atoms with Crippen LogP contribution < -0.4 is 4.74 Å². The minimum absolute atomic E-state index is 0.0741. The normalized spacial score (nSPS) is 17.6. The van der Waals surface area contributed by atoms with Gasteiger partial charge in [0, 0.05) is 12.1 Å². The van der Waals surface area contributed by atoms with Gasteiger partial charge in [-0.25, -0.2) is 17.6 Å². The number of alkyl halides is 2. The Hall–Kier alpha value is -3.47. The summed E-state index contributed by atoms with van der Waals surface area (Å²) in [6.45, 7) is 2.14. The first-order chi connectivity index (χ1) is 18.6. The first-order valence-corrected chi connectivity index (χ1v) is 13.2. The van der Waals surface area contributed by atoms with Gasteiger partial charge in [0.1, 0.15) is 34.6 Å². The number of nitrogens with zero attached hydrogens (tertiary/aromatic N) is 1. The summed E-state index contributed by atoms with van der Waals surface area (Å²) in [4.78, 5) is 0. The van der Waals surface area contributed by atoms with Gasteiger partial charge in [0.15, 0.2) is 0 Å². The minimum atomic E-state index is -4.53. The Morgan fingerprint density at radius 1 is 0.846 bits per heavy atom. The van der Waals surface area contributed by atoms with E-state index in [0.29, 0.717) is 23.6 Å². The van der Waals surface area contributed by atoms with Crippen LogP contribution in [0.5, 0.6) is 5.75 Å². The summed E-state index contributed by atoms with van der Waals surface area (Å²) in [6, 6.07) is 10.0. The lowest BCUT2D eigenvalue weighted by atomic mass is 9.77. The molecule has 0 spiro atoms. The molecule has 0 amide bonds. The predicted octanol–water partition coefficient (Wildman–Crippen LogP) is 9.76. The molecule has 0 radical (unpaired) electrons. The zero-order chi connectivity index (χ0) is 28.2. The van der Waals surface area contributed by atoms with Crippen LogP contribution in [0.2, 0.25) is 0 Å². The van der Waals surface area contributed by atoms with Gasteiger partial charge in [0.05, 0.1) is 17.2 Å². The average Bonchev–Trinajstić information content (AvgIpc) is 2.88. The van der Waals surface area contributed by atoms with Gasteiger partial charge in [-0.3, -0.25) is 0 Å². The topological polar surface area (TPSA) is 33.0 Å². The number of ether oxygens (including phenoxy) is 1. The molecule has 1 fully saturated rings. The van der Waals surface area contributed by atoms with E-state index in [1.54, 1.807) is 0 Å². The molecule has 206 valence electrons. The highest BCUT2D eigenvalue weighted by molar-refractivity contribution is 5.66. The number of hydrogen-bond donors (Lipinski definition) is 0. The van der Waals surface area contributed by atoms with Gasteiger partial charge < -0.3 is 4.74 Å². The summed E-state index contributed by atoms with van der Waals surface area (Å²) in [5.41, 5.74) is -1.47. The van der Waals surface area contributed by atoms with E-state index in [-0.39, 0.29) is 17.0 Å². The van der Waals surface area contributed by atoms with E-state index in [9.17, 15) is 26.3 Å². The van der Waals surface area contributed by atoms with Crippen LogP contribution in [-0.2, 0) is 6.11 Å². The first-order valence-electron chi connectivity index (χ1n) is 13.2. The van der Waals surface area contributed by atoms with Gasteiger partial charge >= 0.3 is 6.11 Å². The molecule has 0 aliphatic heterocycles. The van der Waals surface area contributed by atoms with Crippen LogP contribution in [0.25, 0.3) is 11.1 Å².